The van der Waals surface area contributed by atoms with Crippen LogP contribution in [0, 0.1) is 0 Å². The van der Waals surface area contributed by atoms with Crippen LogP contribution in [0.5, 0.6) is 0 Å². The number of rotatable bonds is 6. The Labute approximate surface area is 138 Å². The van der Waals surface area contributed by atoms with E-state index in [1.54, 1.807) is 0 Å². The minimum atomic E-state index is 0.529. The fourth-order valence-corrected chi connectivity index (χ4v) is 3.02. The molecule has 0 amide bonds. The third-order valence-electron chi connectivity index (χ3n) is 4.46. The van der Waals surface area contributed by atoms with E-state index in [0.29, 0.717) is 6.04 Å². The zero-order valence-corrected chi connectivity index (χ0v) is 13.8. The first kappa shape index (κ1) is 15.7. The second-order valence-corrected chi connectivity index (χ2v) is 6.24. The maximum Gasteiger partial charge on any atom is 0.224 e. The Morgan fingerprint density at radius 1 is 1.09 bits per heavy atom. The van der Waals surface area contributed by atoms with E-state index in [0.717, 1.165) is 24.7 Å². The molecule has 0 atom stereocenters. The highest BCUT2D eigenvalue weighted by Crippen LogP contribution is 2.21. The molecular formula is C18H25N5. The van der Waals surface area contributed by atoms with E-state index < -0.39 is 0 Å². The quantitative estimate of drug-likeness (QED) is 0.887. The van der Waals surface area contributed by atoms with Gasteiger partial charge in [-0.3, -0.25) is 4.98 Å². The Kier molecular flexibility index (Phi) is 5.40. The van der Waals surface area contributed by atoms with Crippen LogP contribution in [0.15, 0.2) is 36.8 Å². The normalized spacial score (nSPS) is 15.3. The smallest absolute Gasteiger partial charge is 0.224 e. The number of anilines is 2. The van der Waals surface area contributed by atoms with Crippen LogP contribution in [0.1, 0.15) is 37.7 Å². The third kappa shape index (κ3) is 4.65. The minimum Gasteiger partial charge on any atom is -0.359 e. The molecule has 0 aromatic carbocycles. The van der Waals surface area contributed by atoms with Crippen molar-refractivity contribution in [2.75, 3.05) is 23.8 Å². The molecule has 2 aromatic rings. The molecule has 0 radical (unpaired) electrons. The number of pyridine rings is 1. The molecule has 1 N–H and O–H groups in total. The van der Waals surface area contributed by atoms with E-state index in [1.165, 1.54) is 37.7 Å². The maximum atomic E-state index is 4.67. The van der Waals surface area contributed by atoms with Crippen LogP contribution in [0.25, 0.3) is 0 Å². The summed E-state index contributed by atoms with van der Waals surface area (Å²) < 4.78 is 0. The monoisotopic (exact) mass is 311 g/mol. The summed E-state index contributed by atoms with van der Waals surface area (Å²) in [6, 6.07) is 6.62. The number of nitrogens with zero attached hydrogens (tertiary/aromatic N) is 4. The zero-order chi connectivity index (χ0) is 15.9. The molecule has 5 nitrogen and oxygen atoms in total. The van der Waals surface area contributed by atoms with Crippen molar-refractivity contribution in [1.29, 1.82) is 0 Å². The number of likely N-dealkylation sites (N-methyl/N-ethyl adjacent to an activating group) is 1. The molecule has 2 aromatic heterocycles. The molecular weight excluding hydrogens is 286 g/mol. The van der Waals surface area contributed by atoms with Gasteiger partial charge in [-0.25, -0.2) is 4.98 Å². The van der Waals surface area contributed by atoms with Gasteiger partial charge < -0.3 is 10.2 Å². The van der Waals surface area contributed by atoms with E-state index in [1.807, 2.05) is 24.7 Å². The first-order valence-electron chi connectivity index (χ1n) is 8.51. The summed E-state index contributed by atoms with van der Waals surface area (Å²) >= 11 is 0. The van der Waals surface area contributed by atoms with E-state index in [9.17, 15) is 0 Å². The highest BCUT2D eigenvalue weighted by atomic mass is 15.2. The highest BCUT2D eigenvalue weighted by molar-refractivity contribution is 5.42. The fraction of sp³-hybridized carbons (Fsp3) is 0.500. The predicted molar refractivity (Wildman–Crippen MR) is 93.7 cm³/mol. The lowest BCUT2D eigenvalue weighted by atomic mass is 9.96. The lowest BCUT2D eigenvalue weighted by Gasteiger charge is -2.23. The van der Waals surface area contributed by atoms with Gasteiger partial charge in [-0.15, -0.1) is 0 Å². The second kappa shape index (κ2) is 7.90. The predicted octanol–water partition coefficient (Wildman–Crippen LogP) is 3.30. The molecule has 5 heteroatoms. The van der Waals surface area contributed by atoms with Crippen molar-refractivity contribution in [3.63, 3.8) is 0 Å². The van der Waals surface area contributed by atoms with Gasteiger partial charge in [-0.05, 0) is 43.0 Å². The molecule has 0 bridgehead atoms. The van der Waals surface area contributed by atoms with E-state index in [4.69, 9.17) is 0 Å². The van der Waals surface area contributed by atoms with Crippen LogP contribution in [0.3, 0.4) is 0 Å². The summed E-state index contributed by atoms with van der Waals surface area (Å²) in [7, 11) is 2.08. The zero-order valence-electron chi connectivity index (χ0n) is 13.8. The van der Waals surface area contributed by atoms with Crippen LogP contribution < -0.4 is 10.2 Å². The summed E-state index contributed by atoms with van der Waals surface area (Å²) in [6.07, 6.45) is 12.9. The lowest BCUT2D eigenvalue weighted by molar-refractivity contribution is 0.461. The SMILES string of the molecule is CN(CCc1ccncc1)c1ccnc(NC2CCCCC2)n1. The molecule has 1 fully saturated rings. The molecule has 0 unspecified atom stereocenters. The van der Waals surface area contributed by atoms with E-state index in [2.05, 4.69) is 44.3 Å². The van der Waals surface area contributed by atoms with Gasteiger partial charge in [0.15, 0.2) is 0 Å². The van der Waals surface area contributed by atoms with Gasteiger partial charge in [0.25, 0.3) is 0 Å². The third-order valence-corrected chi connectivity index (χ3v) is 4.46. The molecule has 0 spiro atoms. The first-order chi connectivity index (χ1) is 11.3. The van der Waals surface area contributed by atoms with Crippen molar-refractivity contribution in [1.82, 2.24) is 15.0 Å². The van der Waals surface area contributed by atoms with Crippen molar-refractivity contribution in [3.05, 3.63) is 42.4 Å². The van der Waals surface area contributed by atoms with E-state index >= 15 is 0 Å². The summed E-state index contributed by atoms with van der Waals surface area (Å²) in [4.78, 5) is 15.3. The molecule has 23 heavy (non-hydrogen) atoms. The van der Waals surface area contributed by atoms with Crippen molar-refractivity contribution >= 4 is 11.8 Å². The van der Waals surface area contributed by atoms with Crippen LogP contribution in [0.2, 0.25) is 0 Å². The van der Waals surface area contributed by atoms with E-state index in [-0.39, 0.29) is 0 Å². The fourth-order valence-electron chi connectivity index (χ4n) is 3.02. The van der Waals surface area contributed by atoms with Gasteiger partial charge in [-0.2, -0.15) is 4.98 Å². The van der Waals surface area contributed by atoms with Crippen molar-refractivity contribution in [3.8, 4) is 0 Å². The molecule has 0 aliphatic heterocycles. The Bertz CT molecular complexity index is 595. The van der Waals surface area contributed by atoms with Crippen molar-refractivity contribution < 1.29 is 0 Å². The number of hydrogen-bond acceptors (Lipinski definition) is 5. The Hall–Kier alpha value is -2.17. The van der Waals surface area contributed by atoms with Crippen LogP contribution in [-0.2, 0) is 6.42 Å². The standard InChI is InChI=1S/C18H25N5/c1-23(14-10-15-7-11-19-12-8-15)17-9-13-20-18(22-17)21-16-5-3-2-4-6-16/h7-9,11-13,16H,2-6,10,14H2,1H3,(H,20,21,22). The molecule has 122 valence electrons. The van der Waals surface area contributed by atoms with Gasteiger partial charge in [0.2, 0.25) is 5.95 Å². The van der Waals surface area contributed by atoms with Gasteiger partial charge >= 0.3 is 0 Å². The minimum absolute atomic E-state index is 0.529. The number of hydrogen-bond donors (Lipinski definition) is 1. The van der Waals surface area contributed by atoms with Crippen LogP contribution >= 0.6 is 0 Å². The average Bonchev–Trinajstić information content (AvgIpc) is 2.62. The Morgan fingerprint density at radius 2 is 1.87 bits per heavy atom. The summed E-state index contributed by atoms with van der Waals surface area (Å²) in [6.45, 7) is 0.921. The topological polar surface area (TPSA) is 53.9 Å². The molecule has 3 rings (SSSR count). The highest BCUT2D eigenvalue weighted by Gasteiger charge is 2.14. The largest absolute Gasteiger partial charge is 0.359 e. The number of nitrogens with one attached hydrogen (secondary N) is 1. The van der Waals surface area contributed by atoms with Crippen molar-refractivity contribution in [2.45, 2.75) is 44.6 Å². The maximum absolute atomic E-state index is 4.67. The Balaban J connectivity index is 1.57. The molecule has 0 saturated heterocycles. The molecule has 1 aliphatic carbocycles. The number of aromatic nitrogens is 3. The van der Waals surface area contributed by atoms with Crippen LogP contribution in [-0.4, -0.2) is 34.6 Å². The summed E-state index contributed by atoms with van der Waals surface area (Å²) in [5, 5.41) is 3.49. The van der Waals surface area contributed by atoms with Gasteiger partial charge in [0.05, 0.1) is 0 Å². The Morgan fingerprint density at radius 3 is 2.65 bits per heavy atom. The van der Waals surface area contributed by atoms with Gasteiger partial charge in [-0.1, -0.05) is 19.3 Å². The summed E-state index contributed by atoms with van der Waals surface area (Å²) in [5.41, 5.74) is 1.29. The van der Waals surface area contributed by atoms with Crippen LogP contribution in [0.4, 0.5) is 11.8 Å². The van der Waals surface area contributed by atoms with Crippen molar-refractivity contribution in [2.24, 2.45) is 0 Å². The average molecular weight is 311 g/mol. The molecule has 1 aliphatic rings. The molecule has 1 saturated carbocycles. The van der Waals surface area contributed by atoms with Gasteiger partial charge in [0.1, 0.15) is 5.82 Å². The lowest BCUT2D eigenvalue weighted by Crippen LogP contribution is -2.25. The first-order valence-corrected chi connectivity index (χ1v) is 8.51. The van der Waals surface area contributed by atoms with Gasteiger partial charge in [0, 0.05) is 38.2 Å². The molecule has 2 heterocycles. The second-order valence-electron chi connectivity index (χ2n) is 6.24. The summed E-state index contributed by atoms with van der Waals surface area (Å²) in [5.74, 6) is 1.72.